The summed E-state index contributed by atoms with van der Waals surface area (Å²) in [6, 6.07) is 6.47. The fourth-order valence-electron chi connectivity index (χ4n) is 5.52. The minimum absolute atomic E-state index is 0.0345. The molecule has 4 unspecified atom stereocenters. The van der Waals surface area contributed by atoms with E-state index in [0.29, 0.717) is 21.5 Å². The molecule has 2 aromatic rings. The number of methoxy groups -OCH3 is 2. The fourth-order valence-corrected chi connectivity index (χ4v) is 6.14. The predicted octanol–water partition coefficient (Wildman–Crippen LogP) is 2.10. The minimum Gasteiger partial charge on any atom is -0.493 e. The number of ether oxygens (including phenoxy) is 2. The number of carbonyl (C=O) groups is 4. The van der Waals surface area contributed by atoms with E-state index in [1.807, 2.05) is 0 Å². The van der Waals surface area contributed by atoms with Gasteiger partial charge in [0.15, 0.2) is 11.5 Å². The van der Waals surface area contributed by atoms with Crippen LogP contribution in [0.5, 0.6) is 11.5 Å². The molecule has 0 aliphatic carbocycles. The number of nitro benzene ring substituents is 1. The maximum Gasteiger partial charge on any atom is 0.324 e. The molecule has 15 heteroatoms. The lowest BCUT2D eigenvalue weighted by Gasteiger charge is -2.31. The Bertz CT molecular complexity index is 1400. The van der Waals surface area contributed by atoms with Crippen LogP contribution in [0.15, 0.2) is 40.9 Å². The smallest absolute Gasteiger partial charge is 0.324 e. The molecule has 40 heavy (non-hydrogen) atoms. The van der Waals surface area contributed by atoms with E-state index in [-0.39, 0.29) is 30.8 Å². The van der Waals surface area contributed by atoms with Crippen molar-refractivity contribution >= 4 is 51.1 Å². The molecule has 4 amide bonds. The summed E-state index contributed by atoms with van der Waals surface area (Å²) in [5, 5.41) is 27.3. The second-order valence-electron chi connectivity index (χ2n) is 9.32. The molecule has 2 aliphatic rings. The molecule has 2 heterocycles. The first-order chi connectivity index (χ1) is 19.0. The molecule has 0 aromatic heterocycles. The number of primary amides is 1. The van der Waals surface area contributed by atoms with Crippen molar-refractivity contribution in [2.45, 2.75) is 24.4 Å². The number of amides is 4. The second-order valence-corrected chi connectivity index (χ2v) is 10.2. The monoisotopic (exact) mass is 619 g/mol. The normalized spacial score (nSPS) is 23.6. The van der Waals surface area contributed by atoms with Crippen LogP contribution in [-0.4, -0.2) is 60.1 Å². The van der Waals surface area contributed by atoms with E-state index in [1.54, 1.807) is 12.1 Å². The molecular weight excluding hydrogens is 594 g/mol. The number of nitrogens with one attached hydrogen (secondary N) is 2. The van der Waals surface area contributed by atoms with Crippen molar-refractivity contribution < 1.29 is 38.7 Å². The average Bonchev–Trinajstić information content (AvgIpc) is 3.39. The van der Waals surface area contributed by atoms with Gasteiger partial charge >= 0.3 is 12.0 Å². The van der Waals surface area contributed by atoms with Crippen LogP contribution in [-0.2, 0) is 14.4 Å². The van der Waals surface area contributed by atoms with Crippen molar-refractivity contribution in [1.29, 1.82) is 0 Å². The van der Waals surface area contributed by atoms with Gasteiger partial charge in [0, 0.05) is 24.7 Å². The topological polar surface area (TPSA) is 203 Å². The number of aliphatic carboxylic acids is 1. The SMILES string of the molecule is COc1cc(C2NC(CCCNC(N)=O)(C(=O)O)C3C(=O)N(c4cccc([N+](=O)[O-])c4)C(=O)C23)cc(Br)c1OC. The summed E-state index contributed by atoms with van der Waals surface area (Å²) < 4.78 is 11.3. The van der Waals surface area contributed by atoms with Gasteiger partial charge in [-0.15, -0.1) is 0 Å². The molecule has 212 valence electrons. The Morgan fingerprint density at radius 1 is 1.23 bits per heavy atom. The number of anilines is 1. The van der Waals surface area contributed by atoms with E-state index in [0.717, 1.165) is 11.0 Å². The van der Waals surface area contributed by atoms with Gasteiger partial charge in [0.2, 0.25) is 11.8 Å². The summed E-state index contributed by atoms with van der Waals surface area (Å²) in [5.74, 6) is -4.77. The second kappa shape index (κ2) is 11.1. The third-order valence-corrected chi connectivity index (χ3v) is 7.79. The minimum atomic E-state index is -1.92. The zero-order valence-corrected chi connectivity index (χ0v) is 23.0. The molecular formula is C25H26BrN5O9. The number of hydrogen-bond donors (Lipinski definition) is 4. The Kier molecular flexibility index (Phi) is 7.98. The highest BCUT2D eigenvalue weighted by atomic mass is 79.9. The quantitative estimate of drug-likeness (QED) is 0.132. The van der Waals surface area contributed by atoms with Gasteiger partial charge in [-0.3, -0.25) is 29.8 Å². The number of imide groups is 1. The van der Waals surface area contributed by atoms with Crippen LogP contribution in [0.25, 0.3) is 0 Å². The zero-order chi connectivity index (χ0) is 29.4. The molecule has 2 fully saturated rings. The highest BCUT2D eigenvalue weighted by Crippen LogP contribution is 2.52. The number of non-ortho nitro benzene ring substituents is 1. The van der Waals surface area contributed by atoms with Crippen LogP contribution in [0.1, 0.15) is 24.4 Å². The van der Waals surface area contributed by atoms with Gasteiger partial charge in [-0.25, -0.2) is 9.69 Å². The lowest BCUT2D eigenvalue weighted by molar-refractivity contribution is -0.384. The number of urea groups is 1. The summed E-state index contributed by atoms with van der Waals surface area (Å²) in [6.07, 6.45) is -0.0252. The molecule has 14 nitrogen and oxygen atoms in total. The first-order valence-electron chi connectivity index (χ1n) is 12.0. The summed E-state index contributed by atoms with van der Waals surface area (Å²) in [4.78, 5) is 63.4. The van der Waals surface area contributed by atoms with Crippen molar-refractivity contribution in [3.63, 3.8) is 0 Å². The summed E-state index contributed by atoms with van der Waals surface area (Å²) in [7, 11) is 2.86. The highest BCUT2D eigenvalue weighted by Gasteiger charge is 2.68. The fraction of sp³-hybridized carbons (Fsp3) is 0.360. The lowest BCUT2D eigenvalue weighted by Crippen LogP contribution is -2.56. The van der Waals surface area contributed by atoms with E-state index in [9.17, 15) is 34.4 Å². The Morgan fingerprint density at radius 2 is 1.95 bits per heavy atom. The van der Waals surface area contributed by atoms with Gasteiger partial charge in [-0.05, 0) is 52.5 Å². The molecule has 4 rings (SSSR count). The van der Waals surface area contributed by atoms with Crippen molar-refractivity contribution in [2.75, 3.05) is 25.7 Å². The molecule has 2 aromatic carbocycles. The molecule has 0 saturated carbocycles. The van der Waals surface area contributed by atoms with Crippen LogP contribution in [0.4, 0.5) is 16.2 Å². The first-order valence-corrected chi connectivity index (χ1v) is 12.8. The molecule has 2 aliphatic heterocycles. The third-order valence-electron chi connectivity index (χ3n) is 7.20. The number of carboxylic acid groups (broad SMARTS) is 1. The number of hydrogen-bond acceptors (Lipinski definition) is 9. The summed E-state index contributed by atoms with van der Waals surface area (Å²) in [5.41, 5.74) is 3.27. The average molecular weight is 620 g/mol. The molecule has 0 spiro atoms. The van der Waals surface area contributed by atoms with E-state index in [4.69, 9.17) is 15.2 Å². The number of halogens is 1. The van der Waals surface area contributed by atoms with Gasteiger partial charge < -0.3 is 25.6 Å². The van der Waals surface area contributed by atoms with E-state index in [1.165, 1.54) is 32.4 Å². The number of nitro groups is 1. The van der Waals surface area contributed by atoms with E-state index in [2.05, 4.69) is 26.6 Å². The van der Waals surface area contributed by atoms with Gasteiger partial charge in [-0.2, -0.15) is 0 Å². The number of nitrogens with two attached hydrogens (primary N) is 1. The van der Waals surface area contributed by atoms with E-state index >= 15 is 0 Å². The molecule has 0 radical (unpaired) electrons. The van der Waals surface area contributed by atoms with Gasteiger partial charge in [0.05, 0.1) is 41.1 Å². The van der Waals surface area contributed by atoms with Crippen LogP contribution in [0.3, 0.4) is 0 Å². The predicted molar refractivity (Wildman–Crippen MR) is 143 cm³/mol. The molecule has 4 atom stereocenters. The first kappa shape index (κ1) is 28.8. The lowest BCUT2D eigenvalue weighted by atomic mass is 9.77. The highest BCUT2D eigenvalue weighted by molar-refractivity contribution is 9.10. The third kappa shape index (κ3) is 4.81. The van der Waals surface area contributed by atoms with Gasteiger partial charge in [0.1, 0.15) is 5.54 Å². The van der Waals surface area contributed by atoms with Gasteiger partial charge in [-0.1, -0.05) is 6.07 Å². The summed E-state index contributed by atoms with van der Waals surface area (Å²) in [6.45, 7) is 0.0345. The number of carboxylic acids is 1. The molecule has 2 saturated heterocycles. The van der Waals surface area contributed by atoms with Crippen molar-refractivity contribution in [2.24, 2.45) is 17.6 Å². The summed E-state index contributed by atoms with van der Waals surface area (Å²) >= 11 is 3.41. The largest absolute Gasteiger partial charge is 0.493 e. The number of carbonyl (C=O) groups excluding carboxylic acids is 3. The standard InChI is InChI=1S/C25H26BrN5O9/c1-39-16-10-12(9-15(26)20(16)40-2)19-17-18(25(29-19,23(34)35)7-4-8-28-24(27)36)22(33)30(21(17)32)13-5-3-6-14(11-13)31(37)38/h3,5-6,9-11,17-19,29H,4,7-8H2,1-2H3,(H,34,35)(H3,27,28,36). The number of nitrogens with zero attached hydrogens (tertiary/aromatic N) is 2. The Morgan fingerprint density at radius 3 is 2.55 bits per heavy atom. The van der Waals surface area contributed by atoms with Crippen molar-refractivity contribution in [3.05, 3.63) is 56.5 Å². The van der Waals surface area contributed by atoms with Crippen molar-refractivity contribution in [1.82, 2.24) is 10.6 Å². The Balaban J connectivity index is 1.85. The molecule has 0 bridgehead atoms. The van der Waals surface area contributed by atoms with Crippen LogP contribution in [0.2, 0.25) is 0 Å². The Hall–Kier alpha value is -4.24. The van der Waals surface area contributed by atoms with Crippen LogP contribution >= 0.6 is 15.9 Å². The number of rotatable bonds is 10. The van der Waals surface area contributed by atoms with E-state index < -0.39 is 52.2 Å². The maximum absolute atomic E-state index is 13.9. The Labute approximate surface area is 236 Å². The van der Waals surface area contributed by atoms with Crippen molar-refractivity contribution in [3.8, 4) is 11.5 Å². The zero-order valence-electron chi connectivity index (χ0n) is 21.4. The van der Waals surface area contributed by atoms with Crippen LogP contribution < -0.4 is 30.7 Å². The maximum atomic E-state index is 13.9. The van der Waals surface area contributed by atoms with Crippen LogP contribution in [0, 0.1) is 22.0 Å². The number of fused-ring (bicyclic) bond motifs is 1. The molecule has 5 N–H and O–H groups in total. The van der Waals surface area contributed by atoms with Gasteiger partial charge in [0.25, 0.3) is 5.69 Å². The number of benzene rings is 2.